The van der Waals surface area contributed by atoms with Gasteiger partial charge in [0.25, 0.3) is 0 Å². The first kappa shape index (κ1) is 16.0. The molecule has 0 aliphatic heterocycles. The molecule has 0 aromatic heterocycles. The van der Waals surface area contributed by atoms with Gasteiger partial charge in [-0.3, -0.25) is 9.59 Å². The smallest absolute Gasteiger partial charge is 0.328 e. The maximum Gasteiger partial charge on any atom is 0.328 e. The molecule has 0 saturated carbocycles. The van der Waals surface area contributed by atoms with Gasteiger partial charge < -0.3 is 9.47 Å². The quantitative estimate of drug-likeness (QED) is 0.323. The molecule has 0 spiro atoms. The molecule has 0 aliphatic carbocycles. The van der Waals surface area contributed by atoms with Crippen molar-refractivity contribution in [1.82, 2.24) is 0 Å². The van der Waals surface area contributed by atoms with Gasteiger partial charge in [-0.1, -0.05) is 6.92 Å². The van der Waals surface area contributed by atoms with Crippen molar-refractivity contribution in [3.05, 3.63) is 17.4 Å². The predicted octanol–water partition coefficient (Wildman–Crippen LogP) is 1.85. The molecular weight excluding hydrogens is 232 g/mol. The van der Waals surface area contributed by atoms with Gasteiger partial charge in [-0.15, -0.1) is 18.1 Å². The van der Waals surface area contributed by atoms with Crippen molar-refractivity contribution < 1.29 is 19.1 Å². The molecule has 4 heteroatoms. The van der Waals surface area contributed by atoms with Crippen molar-refractivity contribution in [2.75, 3.05) is 14.2 Å². The Kier molecular flexibility index (Phi) is 6.56. The van der Waals surface area contributed by atoms with Gasteiger partial charge in [0, 0.05) is 6.42 Å². The van der Waals surface area contributed by atoms with Crippen molar-refractivity contribution in [3.63, 3.8) is 0 Å². The highest BCUT2D eigenvalue weighted by atomic mass is 16.5. The Hall–Kier alpha value is -1.98. The van der Waals surface area contributed by atoms with Crippen LogP contribution in [0.2, 0.25) is 0 Å². The summed E-state index contributed by atoms with van der Waals surface area (Å²) in [7, 11) is 2.39. The summed E-state index contributed by atoms with van der Waals surface area (Å²) in [5.41, 5.74) is 2.16. The SMILES string of the molecule is C#CCC(C=C=C(C)CC)(C(=O)OC)C(=O)OC. The number of carbonyl (C=O) groups excluding carboxylic acids is 2. The van der Waals surface area contributed by atoms with Gasteiger partial charge in [0.15, 0.2) is 0 Å². The van der Waals surface area contributed by atoms with Gasteiger partial charge in [0.1, 0.15) is 0 Å². The molecule has 98 valence electrons. The Morgan fingerprint density at radius 2 is 1.78 bits per heavy atom. The largest absolute Gasteiger partial charge is 0.468 e. The van der Waals surface area contributed by atoms with E-state index < -0.39 is 17.4 Å². The van der Waals surface area contributed by atoms with Crippen molar-refractivity contribution in [2.45, 2.75) is 26.7 Å². The van der Waals surface area contributed by atoms with Gasteiger partial charge in [0.05, 0.1) is 14.2 Å². The molecule has 18 heavy (non-hydrogen) atoms. The number of hydrogen-bond donors (Lipinski definition) is 0. The minimum Gasteiger partial charge on any atom is -0.468 e. The summed E-state index contributed by atoms with van der Waals surface area (Å²) in [6.07, 6.45) is 7.18. The lowest BCUT2D eigenvalue weighted by Crippen LogP contribution is -2.39. The van der Waals surface area contributed by atoms with E-state index >= 15 is 0 Å². The molecule has 0 amide bonds. The molecule has 0 aromatic carbocycles. The molecule has 0 aromatic rings. The van der Waals surface area contributed by atoms with E-state index in [2.05, 4.69) is 21.1 Å². The second kappa shape index (κ2) is 7.37. The minimum atomic E-state index is -1.62. The standard InChI is InChI=1S/C14H18O4/c1-6-9-14(12(15)17-4,13(16)18-5)10-8-11(3)7-2/h1,10H,7,9H2,2-5H3. The Morgan fingerprint density at radius 1 is 1.28 bits per heavy atom. The van der Waals surface area contributed by atoms with Crippen LogP contribution in [0.1, 0.15) is 26.7 Å². The fourth-order valence-electron chi connectivity index (χ4n) is 1.27. The molecule has 0 saturated heterocycles. The average molecular weight is 250 g/mol. The zero-order chi connectivity index (χ0) is 14.2. The molecule has 0 fully saturated rings. The van der Waals surface area contributed by atoms with Gasteiger partial charge in [-0.2, -0.15) is 0 Å². The Balaban J connectivity index is 5.78. The maximum atomic E-state index is 11.8. The number of rotatable bonds is 5. The van der Waals surface area contributed by atoms with Crippen LogP contribution in [0.3, 0.4) is 0 Å². The molecule has 0 radical (unpaired) electrons. The first-order chi connectivity index (χ1) is 8.48. The highest BCUT2D eigenvalue weighted by Gasteiger charge is 2.46. The molecule has 0 aliphatic rings. The summed E-state index contributed by atoms with van der Waals surface area (Å²) in [6, 6.07) is 0. The van der Waals surface area contributed by atoms with Gasteiger partial charge in [-0.25, -0.2) is 0 Å². The molecule has 0 unspecified atom stereocenters. The molecule has 0 rings (SSSR count). The zero-order valence-electron chi connectivity index (χ0n) is 11.2. The molecule has 0 atom stereocenters. The lowest BCUT2D eigenvalue weighted by atomic mass is 9.84. The summed E-state index contributed by atoms with van der Waals surface area (Å²) < 4.78 is 9.28. The summed E-state index contributed by atoms with van der Waals surface area (Å²) in [6.45, 7) is 3.78. The summed E-state index contributed by atoms with van der Waals surface area (Å²) >= 11 is 0. The van der Waals surface area contributed by atoms with Crippen molar-refractivity contribution in [3.8, 4) is 12.3 Å². The Labute approximate surface area is 108 Å². The molecular formula is C14H18O4. The Morgan fingerprint density at radius 3 is 2.11 bits per heavy atom. The fraction of sp³-hybridized carbons (Fsp3) is 0.500. The number of carbonyl (C=O) groups is 2. The van der Waals surface area contributed by atoms with Gasteiger partial charge in [0.2, 0.25) is 5.41 Å². The lowest BCUT2D eigenvalue weighted by Gasteiger charge is -2.21. The molecule has 0 heterocycles. The second-order valence-electron chi connectivity index (χ2n) is 3.76. The minimum absolute atomic E-state index is 0.129. The topological polar surface area (TPSA) is 52.6 Å². The van der Waals surface area contributed by atoms with E-state index in [9.17, 15) is 9.59 Å². The van der Waals surface area contributed by atoms with E-state index in [1.54, 1.807) is 0 Å². The highest BCUT2D eigenvalue weighted by molar-refractivity contribution is 6.02. The third-order valence-corrected chi connectivity index (χ3v) is 2.58. The monoisotopic (exact) mass is 250 g/mol. The summed E-state index contributed by atoms with van der Waals surface area (Å²) in [5.74, 6) is 0.806. The van der Waals surface area contributed by atoms with Crippen LogP contribution in [0.4, 0.5) is 0 Å². The second-order valence-corrected chi connectivity index (χ2v) is 3.76. The third kappa shape index (κ3) is 3.51. The third-order valence-electron chi connectivity index (χ3n) is 2.58. The number of methoxy groups -OCH3 is 2. The van der Waals surface area contributed by atoms with Crippen LogP contribution in [-0.4, -0.2) is 26.2 Å². The van der Waals surface area contributed by atoms with E-state index in [0.717, 1.165) is 12.0 Å². The number of ether oxygens (including phenoxy) is 2. The lowest BCUT2D eigenvalue weighted by molar-refractivity contribution is -0.164. The van der Waals surface area contributed by atoms with Crippen LogP contribution in [-0.2, 0) is 19.1 Å². The Bertz CT molecular complexity index is 404. The van der Waals surface area contributed by atoms with Gasteiger partial charge >= 0.3 is 11.9 Å². The molecule has 0 bridgehead atoms. The molecule has 4 nitrogen and oxygen atoms in total. The van der Waals surface area contributed by atoms with E-state index in [-0.39, 0.29) is 6.42 Å². The molecule has 0 N–H and O–H groups in total. The van der Waals surface area contributed by atoms with Crippen LogP contribution >= 0.6 is 0 Å². The van der Waals surface area contributed by atoms with Crippen molar-refractivity contribution >= 4 is 11.9 Å². The normalized spacial score (nSPS) is 9.72. The van der Waals surface area contributed by atoms with Crippen LogP contribution in [0.5, 0.6) is 0 Å². The van der Waals surface area contributed by atoms with E-state index in [4.69, 9.17) is 6.42 Å². The summed E-state index contributed by atoms with van der Waals surface area (Å²) in [4.78, 5) is 23.7. The number of terminal acetylenes is 1. The van der Waals surface area contributed by atoms with Crippen molar-refractivity contribution in [1.29, 1.82) is 0 Å². The van der Waals surface area contributed by atoms with Gasteiger partial charge in [-0.05, 0) is 25.0 Å². The van der Waals surface area contributed by atoms with E-state index in [0.29, 0.717) is 0 Å². The van der Waals surface area contributed by atoms with Crippen molar-refractivity contribution in [2.24, 2.45) is 5.41 Å². The fourth-order valence-corrected chi connectivity index (χ4v) is 1.27. The number of esters is 2. The first-order valence-corrected chi connectivity index (χ1v) is 5.52. The first-order valence-electron chi connectivity index (χ1n) is 5.52. The van der Waals surface area contributed by atoms with Crippen LogP contribution in [0, 0.1) is 17.8 Å². The number of hydrogen-bond acceptors (Lipinski definition) is 4. The van der Waals surface area contributed by atoms with Crippen LogP contribution < -0.4 is 0 Å². The highest BCUT2D eigenvalue weighted by Crippen LogP contribution is 2.27. The maximum absolute atomic E-state index is 11.8. The van der Waals surface area contributed by atoms with Crippen LogP contribution in [0.15, 0.2) is 17.4 Å². The predicted molar refractivity (Wildman–Crippen MR) is 67.5 cm³/mol. The average Bonchev–Trinajstić information content (AvgIpc) is 2.41. The van der Waals surface area contributed by atoms with E-state index in [1.165, 1.54) is 20.3 Å². The van der Waals surface area contributed by atoms with E-state index in [1.807, 2.05) is 13.8 Å². The van der Waals surface area contributed by atoms with Crippen LogP contribution in [0.25, 0.3) is 0 Å². The summed E-state index contributed by atoms with van der Waals surface area (Å²) in [5, 5.41) is 0. The zero-order valence-corrected chi connectivity index (χ0v) is 11.2.